The van der Waals surface area contributed by atoms with Crippen molar-refractivity contribution in [3.05, 3.63) is 76.6 Å². The fourth-order valence-corrected chi connectivity index (χ4v) is 3.03. The lowest BCUT2D eigenvalue weighted by atomic mass is 10.1. The van der Waals surface area contributed by atoms with Crippen LogP contribution >= 0.6 is 11.8 Å². The molecule has 3 aromatic heterocycles. The Labute approximate surface area is 160 Å². The molecular weight excluding hydrogens is 362 g/mol. The first-order valence-corrected chi connectivity index (χ1v) is 9.79. The van der Waals surface area contributed by atoms with E-state index in [9.17, 15) is 9.59 Å². The van der Waals surface area contributed by atoms with Crippen LogP contribution in [0.1, 0.15) is 28.5 Å². The van der Waals surface area contributed by atoms with E-state index in [2.05, 4.69) is 25.3 Å². The van der Waals surface area contributed by atoms with Crippen LogP contribution < -0.4 is 10.9 Å². The van der Waals surface area contributed by atoms with E-state index in [0.717, 1.165) is 5.75 Å². The Morgan fingerprint density at radius 2 is 2.04 bits per heavy atom. The molecular formula is C19H19N5O2S. The summed E-state index contributed by atoms with van der Waals surface area (Å²) in [6.45, 7) is 0. The molecule has 0 aliphatic heterocycles. The fourth-order valence-electron chi connectivity index (χ4n) is 2.55. The van der Waals surface area contributed by atoms with Crippen LogP contribution in [0.5, 0.6) is 0 Å². The first kappa shape index (κ1) is 18.8. The number of nitrogens with zero attached hydrogens (tertiary/aromatic N) is 3. The topological polar surface area (TPSA) is 101 Å². The lowest BCUT2D eigenvalue weighted by Gasteiger charge is -2.18. The molecule has 27 heavy (non-hydrogen) atoms. The number of H-pyrrole nitrogens is 1. The van der Waals surface area contributed by atoms with Crippen molar-refractivity contribution in [1.82, 2.24) is 25.3 Å². The minimum Gasteiger partial charge on any atom is -0.344 e. The predicted molar refractivity (Wildman–Crippen MR) is 106 cm³/mol. The zero-order valence-corrected chi connectivity index (χ0v) is 15.6. The van der Waals surface area contributed by atoms with E-state index in [4.69, 9.17) is 0 Å². The number of amides is 1. The number of pyridine rings is 2. The second-order valence-electron chi connectivity index (χ2n) is 5.78. The number of hydrogen-bond donors (Lipinski definition) is 2. The number of thioether (sulfide) groups is 1. The van der Waals surface area contributed by atoms with Gasteiger partial charge in [-0.15, -0.1) is 0 Å². The van der Waals surface area contributed by atoms with E-state index in [0.29, 0.717) is 29.2 Å². The molecule has 0 radical (unpaired) electrons. The summed E-state index contributed by atoms with van der Waals surface area (Å²) >= 11 is 1.66. The van der Waals surface area contributed by atoms with Gasteiger partial charge in [-0.25, -0.2) is 4.98 Å². The van der Waals surface area contributed by atoms with Crippen molar-refractivity contribution < 1.29 is 4.79 Å². The van der Waals surface area contributed by atoms with E-state index in [1.54, 1.807) is 54.6 Å². The number of carbonyl (C=O) groups excluding carboxylic acids is 1. The molecule has 1 amide bonds. The van der Waals surface area contributed by atoms with Crippen molar-refractivity contribution in [2.24, 2.45) is 0 Å². The molecule has 8 heteroatoms. The maximum absolute atomic E-state index is 12.6. The average molecular weight is 381 g/mol. The average Bonchev–Trinajstić information content (AvgIpc) is 2.71. The highest BCUT2D eigenvalue weighted by Gasteiger charge is 2.19. The minimum atomic E-state index is -0.386. The first-order valence-electron chi connectivity index (χ1n) is 8.40. The summed E-state index contributed by atoms with van der Waals surface area (Å²) in [7, 11) is 0. The van der Waals surface area contributed by atoms with E-state index in [1.807, 2.05) is 12.3 Å². The largest absolute Gasteiger partial charge is 0.344 e. The van der Waals surface area contributed by atoms with Crippen LogP contribution in [0.4, 0.5) is 0 Å². The number of carbonyl (C=O) groups is 1. The highest BCUT2D eigenvalue weighted by molar-refractivity contribution is 7.98. The second-order valence-corrected chi connectivity index (χ2v) is 6.76. The van der Waals surface area contributed by atoms with E-state index in [-0.39, 0.29) is 17.5 Å². The predicted octanol–water partition coefficient (Wildman–Crippen LogP) is 2.45. The Kier molecular flexibility index (Phi) is 6.32. The van der Waals surface area contributed by atoms with Gasteiger partial charge in [0.15, 0.2) is 5.82 Å². The Hall–Kier alpha value is -3.00. The summed E-state index contributed by atoms with van der Waals surface area (Å²) in [5, 5.41) is 2.97. The van der Waals surface area contributed by atoms with Crippen LogP contribution in [0, 0.1) is 0 Å². The standard InChI is InChI=1S/C19H19N5O2S/c1-27-11-7-14(23-19(26)13-5-9-20-10-6-13)16-12-17(25)24-18(22-16)15-4-2-3-8-21-15/h2-6,8-10,12,14H,7,11H2,1H3,(H,23,26)(H,22,24,25). The van der Waals surface area contributed by atoms with Gasteiger partial charge in [0.2, 0.25) is 0 Å². The molecule has 0 spiro atoms. The molecule has 0 saturated carbocycles. The molecule has 1 unspecified atom stereocenters. The SMILES string of the molecule is CSCCC(NC(=O)c1ccncc1)c1cc(=O)[nH]c(-c2ccccn2)n1. The minimum absolute atomic E-state index is 0.232. The third-order valence-electron chi connectivity index (χ3n) is 3.88. The Balaban J connectivity index is 1.91. The maximum atomic E-state index is 12.6. The molecule has 2 N–H and O–H groups in total. The molecule has 0 aliphatic carbocycles. The van der Waals surface area contributed by atoms with Crippen LogP contribution in [-0.2, 0) is 0 Å². The molecule has 0 saturated heterocycles. The summed E-state index contributed by atoms with van der Waals surface area (Å²) in [6, 6.07) is 9.71. The van der Waals surface area contributed by atoms with E-state index in [1.165, 1.54) is 6.07 Å². The number of rotatable bonds is 7. The zero-order chi connectivity index (χ0) is 19.1. The molecule has 138 valence electrons. The summed E-state index contributed by atoms with van der Waals surface area (Å²) in [5.41, 5.74) is 1.30. The van der Waals surface area contributed by atoms with Crippen molar-refractivity contribution >= 4 is 17.7 Å². The van der Waals surface area contributed by atoms with Gasteiger partial charge in [0.1, 0.15) is 5.69 Å². The molecule has 3 heterocycles. The summed E-state index contributed by atoms with van der Waals surface area (Å²) in [5.74, 6) is 0.963. The highest BCUT2D eigenvalue weighted by Crippen LogP contribution is 2.19. The molecule has 0 aromatic carbocycles. The molecule has 0 bridgehead atoms. The highest BCUT2D eigenvalue weighted by atomic mass is 32.2. The summed E-state index contributed by atoms with van der Waals surface area (Å²) in [4.78, 5) is 40.1. The van der Waals surface area contributed by atoms with Gasteiger partial charge in [-0.2, -0.15) is 11.8 Å². The number of aromatic amines is 1. The molecule has 0 aliphatic rings. The van der Waals surface area contributed by atoms with Crippen LogP contribution in [0.3, 0.4) is 0 Å². The molecule has 7 nitrogen and oxygen atoms in total. The van der Waals surface area contributed by atoms with Gasteiger partial charge in [-0.05, 0) is 42.7 Å². The third-order valence-corrected chi connectivity index (χ3v) is 4.53. The van der Waals surface area contributed by atoms with Crippen LogP contribution in [-0.4, -0.2) is 37.9 Å². The number of hydrogen-bond acceptors (Lipinski definition) is 6. The van der Waals surface area contributed by atoms with Crippen molar-refractivity contribution in [1.29, 1.82) is 0 Å². The monoisotopic (exact) mass is 381 g/mol. The van der Waals surface area contributed by atoms with Gasteiger partial charge < -0.3 is 10.3 Å². The molecule has 3 rings (SSSR count). The first-order chi connectivity index (χ1) is 13.2. The van der Waals surface area contributed by atoms with Crippen molar-refractivity contribution in [3.63, 3.8) is 0 Å². The smallest absolute Gasteiger partial charge is 0.251 e. The zero-order valence-electron chi connectivity index (χ0n) is 14.8. The summed E-state index contributed by atoms with van der Waals surface area (Å²) < 4.78 is 0. The second kappa shape index (κ2) is 9.09. The Morgan fingerprint density at radius 3 is 2.74 bits per heavy atom. The van der Waals surface area contributed by atoms with E-state index >= 15 is 0 Å². The molecule has 3 aromatic rings. The fraction of sp³-hybridized carbons (Fsp3) is 0.211. The van der Waals surface area contributed by atoms with Crippen molar-refractivity contribution in [3.8, 4) is 11.5 Å². The maximum Gasteiger partial charge on any atom is 0.251 e. The normalized spacial score (nSPS) is 11.7. The van der Waals surface area contributed by atoms with Gasteiger partial charge in [-0.1, -0.05) is 6.07 Å². The molecule has 1 atom stereocenters. The van der Waals surface area contributed by atoms with E-state index < -0.39 is 0 Å². The van der Waals surface area contributed by atoms with Crippen LogP contribution in [0.2, 0.25) is 0 Å². The van der Waals surface area contributed by atoms with Crippen molar-refractivity contribution in [2.75, 3.05) is 12.0 Å². The van der Waals surface area contributed by atoms with Gasteiger partial charge in [0, 0.05) is 30.2 Å². The third kappa shape index (κ3) is 5.01. The van der Waals surface area contributed by atoms with Gasteiger partial charge in [0.05, 0.1) is 11.7 Å². The Morgan fingerprint density at radius 1 is 1.22 bits per heavy atom. The molecule has 0 fully saturated rings. The van der Waals surface area contributed by atoms with Gasteiger partial charge in [0.25, 0.3) is 11.5 Å². The lowest BCUT2D eigenvalue weighted by molar-refractivity contribution is 0.0935. The summed E-state index contributed by atoms with van der Waals surface area (Å²) in [6.07, 6.45) is 7.41. The number of aromatic nitrogens is 4. The van der Waals surface area contributed by atoms with Crippen LogP contribution in [0.25, 0.3) is 11.5 Å². The van der Waals surface area contributed by atoms with Gasteiger partial charge in [-0.3, -0.25) is 19.6 Å². The van der Waals surface area contributed by atoms with Crippen LogP contribution in [0.15, 0.2) is 59.8 Å². The Bertz CT molecular complexity index is 947. The lowest BCUT2D eigenvalue weighted by Crippen LogP contribution is -2.30. The number of nitrogens with one attached hydrogen (secondary N) is 2. The van der Waals surface area contributed by atoms with Gasteiger partial charge >= 0.3 is 0 Å². The van der Waals surface area contributed by atoms with Crippen molar-refractivity contribution in [2.45, 2.75) is 12.5 Å². The quantitative estimate of drug-likeness (QED) is 0.652.